The van der Waals surface area contributed by atoms with Crippen LogP contribution in [0.2, 0.25) is 0 Å². The molecule has 0 bridgehead atoms. The number of aryl methyl sites for hydroxylation is 1. The molecule has 1 amide bonds. The van der Waals surface area contributed by atoms with E-state index in [1.54, 1.807) is 61.5 Å². The Labute approximate surface area is 263 Å². The summed E-state index contributed by atoms with van der Waals surface area (Å²) in [5, 5.41) is 11.3. The molecule has 8 radical (unpaired) electrons. The van der Waals surface area contributed by atoms with Gasteiger partial charge in [-0.3, -0.25) is 18.8 Å². The van der Waals surface area contributed by atoms with Gasteiger partial charge in [-0.15, -0.1) is 27.9 Å². The van der Waals surface area contributed by atoms with Crippen molar-refractivity contribution in [2.45, 2.75) is 19.5 Å². The van der Waals surface area contributed by atoms with E-state index in [1.165, 1.54) is 15.3 Å². The van der Waals surface area contributed by atoms with Gasteiger partial charge >= 0.3 is 0 Å². The van der Waals surface area contributed by atoms with Gasteiger partial charge in [0.05, 0.1) is 28.7 Å². The highest BCUT2D eigenvalue weighted by Crippen LogP contribution is 2.21. The van der Waals surface area contributed by atoms with Crippen molar-refractivity contribution in [3.05, 3.63) is 104 Å². The van der Waals surface area contributed by atoms with Crippen LogP contribution in [0.1, 0.15) is 40.3 Å². The van der Waals surface area contributed by atoms with Crippen LogP contribution in [0.25, 0.3) is 16.6 Å². The summed E-state index contributed by atoms with van der Waals surface area (Å²) >= 11 is 0. The van der Waals surface area contributed by atoms with Gasteiger partial charge in [-0.25, -0.2) is 14.5 Å². The lowest BCUT2D eigenvalue weighted by Crippen LogP contribution is -2.35. The minimum absolute atomic E-state index is 0.0104. The zero-order valence-corrected chi connectivity index (χ0v) is 24.3. The molecule has 0 fully saturated rings. The first-order valence-electron chi connectivity index (χ1n) is 13.4. The van der Waals surface area contributed by atoms with Gasteiger partial charge in [-0.05, 0) is 25.1 Å². The van der Waals surface area contributed by atoms with Crippen molar-refractivity contribution >= 4 is 59.7 Å². The van der Waals surface area contributed by atoms with Crippen LogP contribution in [0.5, 0.6) is 0 Å². The maximum Gasteiger partial charge on any atom is 0.262 e. The highest BCUT2D eigenvalue weighted by Gasteiger charge is 2.24. The molecule has 1 unspecified atom stereocenters. The SMILES string of the molecule is [B]/C(C#C)=C([B])/C([B])=C(/[B])Cn1c(C(C)NC(=O)c2c(N)nn3cccnc23)nc2cccc(C#Cc3cnn(C)c3)c2c1=O. The number of carbonyl (C=O) groups is 1. The molecule has 0 spiro atoms. The number of nitrogens with one attached hydrogen (secondary N) is 1. The van der Waals surface area contributed by atoms with Crippen molar-refractivity contribution in [3.63, 3.8) is 0 Å². The number of terminal acetylenes is 1. The molecule has 11 nitrogen and oxygen atoms in total. The molecular formula is C30H21B4N9O2. The van der Waals surface area contributed by atoms with E-state index in [9.17, 15) is 9.59 Å². The summed E-state index contributed by atoms with van der Waals surface area (Å²) in [6.07, 6.45) is 11.8. The molecule has 4 aromatic heterocycles. The molecule has 210 valence electrons. The maximum atomic E-state index is 14.2. The number of rotatable bonds is 6. The number of aromatic nitrogens is 7. The molecule has 0 aliphatic heterocycles. The van der Waals surface area contributed by atoms with Gasteiger partial charge in [0.15, 0.2) is 11.5 Å². The Morgan fingerprint density at radius 3 is 2.64 bits per heavy atom. The number of nitrogen functional groups attached to an aromatic ring is 1. The highest BCUT2D eigenvalue weighted by atomic mass is 16.2. The summed E-state index contributed by atoms with van der Waals surface area (Å²) in [6, 6.07) is 5.90. The number of benzene rings is 1. The second-order valence-electron chi connectivity index (χ2n) is 9.97. The average Bonchev–Trinajstić information content (AvgIpc) is 3.60. The number of nitrogens with two attached hydrogens (primary N) is 1. The maximum absolute atomic E-state index is 14.2. The fourth-order valence-corrected chi connectivity index (χ4v) is 4.60. The van der Waals surface area contributed by atoms with Crippen LogP contribution in [0, 0.1) is 24.2 Å². The van der Waals surface area contributed by atoms with Gasteiger partial charge in [0, 0.05) is 37.7 Å². The van der Waals surface area contributed by atoms with Crippen LogP contribution in [-0.4, -0.2) is 71.2 Å². The predicted octanol–water partition coefficient (Wildman–Crippen LogP) is 0.376. The van der Waals surface area contributed by atoms with E-state index in [2.05, 4.69) is 38.3 Å². The second kappa shape index (κ2) is 12.5. The fourth-order valence-electron chi connectivity index (χ4n) is 4.60. The molecule has 4 heterocycles. The predicted molar refractivity (Wildman–Crippen MR) is 174 cm³/mol. The lowest BCUT2D eigenvalue weighted by atomic mass is 9.66. The Kier molecular flexibility index (Phi) is 8.55. The number of hydrogen-bond acceptors (Lipinski definition) is 7. The van der Waals surface area contributed by atoms with Gasteiger partial charge in [0.1, 0.15) is 42.8 Å². The first-order chi connectivity index (χ1) is 21.5. The van der Waals surface area contributed by atoms with Crippen LogP contribution in [0.15, 0.2) is 75.7 Å². The van der Waals surface area contributed by atoms with E-state index in [4.69, 9.17) is 48.5 Å². The molecule has 1 aromatic carbocycles. The van der Waals surface area contributed by atoms with Gasteiger partial charge in [0.2, 0.25) is 0 Å². The minimum Gasteiger partial charge on any atom is -0.381 e. The van der Waals surface area contributed by atoms with E-state index in [0.717, 1.165) is 0 Å². The van der Waals surface area contributed by atoms with Gasteiger partial charge in [-0.2, -0.15) is 5.10 Å². The van der Waals surface area contributed by atoms with E-state index in [1.807, 2.05) is 0 Å². The Morgan fingerprint density at radius 2 is 1.93 bits per heavy atom. The summed E-state index contributed by atoms with van der Waals surface area (Å²) in [5.41, 5.74) is 6.96. The second-order valence-corrected chi connectivity index (χ2v) is 9.97. The number of anilines is 1. The highest BCUT2D eigenvalue weighted by molar-refractivity contribution is 6.44. The monoisotopic (exact) mass is 583 g/mol. The first-order valence-corrected chi connectivity index (χ1v) is 13.4. The smallest absolute Gasteiger partial charge is 0.262 e. The Balaban J connectivity index is 1.65. The van der Waals surface area contributed by atoms with Crippen LogP contribution in [0.3, 0.4) is 0 Å². The molecule has 15 heteroatoms. The molecule has 0 aliphatic carbocycles. The molecule has 0 saturated heterocycles. The Morgan fingerprint density at radius 1 is 1.16 bits per heavy atom. The summed E-state index contributed by atoms with van der Waals surface area (Å²) in [6.45, 7) is 1.38. The standard InChI is InChI=1S/C30H21B4N9O2/c1-4-19(31)24(33)25(34)20(32)15-42-27(16(2)38-29(44)23-26(35)40-43-12-6-11-36-28(23)43)39-21-8-5-7-18(22(21)30(42)45)10-9-17-13-37-41(3)14-17/h1,5-8,11-14,16H,15H2,2-3H3,(H2,35,40)(H,38,44)/b24-19-,25-20-. The number of nitrogens with zero attached hydrogens (tertiary/aromatic N) is 7. The molecule has 5 rings (SSSR count). The molecule has 3 N–H and O–H groups in total. The quantitative estimate of drug-likeness (QED) is 0.168. The largest absolute Gasteiger partial charge is 0.381 e. The molecule has 5 aromatic rings. The van der Waals surface area contributed by atoms with Crippen molar-refractivity contribution in [2.24, 2.45) is 7.05 Å². The van der Waals surface area contributed by atoms with Crippen LogP contribution >= 0.6 is 0 Å². The fraction of sp³-hybridized carbons (Fsp3) is 0.133. The normalized spacial score (nSPS) is 12.9. The van der Waals surface area contributed by atoms with Crippen LogP contribution in [0.4, 0.5) is 5.82 Å². The van der Waals surface area contributed by atoms with Crippen molar-refractivity contribution in [1.29, 1.82) is 0 Å². The van der Waals surface area contributed by atoms with E-state index in [-0.39, 0.29) is 56.7 Å². The van der Waals surface area contributed by atoms with E-state index >= 15 is 0 Å². The third-order valence-corrected chi connectivity index (χ3v) is 6.85. The minimum atomic E-state index is -0.851. The van der Waals surface area contributed by atoms with Crippen molar-refractivity contribution in [2.75, 3.05) is 5.73 Å². The van der Waals surface area contributed by atoms with E-state index in [0.29, 0.717) is 16.6 Å². The molecular weight excluding hydrogens is 562 g/mol. The molecule has 0 aliphatic rings. The van der Waals surface area contributed by atoms with Crippen molar-refractivity contribution < 1.29 is 4.79 Å². The summed E-state index contributed by atoms with van der Waals surface area (Å²) < 4.78 is 4.29. The lowest BCUT2D eigenvalue weighted by Gasteiger charge is -2.21. The third-order valence-electron chi connectivity index (χ3n) is 6.85. The number of fused-ring (bicyclic) bond motifs is 2. The summed E-state index contributed by atoms with van der Waals surface area (Å²) in [4.78, 5) is 36.6. The first kappa shape index (κ1) is 30.8. The lowest BCUT2D eigenvalue weighted by molar-refractivity contribution is 0.0939. The number of allylic oxidation sites excluding steroid dienone is 4. The van der Waals surface area contributed by atoms with E-state index < -0.39 is 17.5 Å². The summed E-state index contributed by atoms with van der Waals surface area (Å²) in [5.74, 6) is 7.81. The molecule has 1 atom stereocenters. The van der Waals surface area contributed by atoms with Crippen molar-refractivity contribution in [3.8, 4) is 24.2 Å². The third kappa shape index (κ3) is 6.06. The summed E-state index contributed by atoms with van der Waals surface area (Å²) in [7, 11) is 26.0. The topological polar surface area (TPSA) is 138 Å². The van der Waals surface area contributed by atoms with Gasteiger partial charge < -0.3 is 11.1 Å². The Bertz CT molecular complexity index is 2230. The zero-order valence-electron chi connectivity index (χ0n) is 24.3. The van der Waals surface area contributed by atoms with Gasteiger partial charge in [0.25, 0.3) is 11.5 Å². The van der Waals surface area contributed by atoms with Gasteiger partial charge in [-0.1, -0.05) is 29.3 Å². The average molecular weight is 583 g/mol. The number of amides is 1. The zero-order chi connectivity index (χ0) is 32.4. The number of hydrogen-bond donors (Lipinski definition) is 2. The van der Waals surface area contributed by atoms with Crippen molar-refractivity contribution in [1.82, 2.24) is 39.2 Å². The number of carbonyl (C=O) groups excluding carboxylic acids is 1. The molecule has 0 saturated carbocycles. The molecule has 45 heavy (non-hydrogen) atoms. The van der Waals surface area contributed by atoms with Crippen LogP contribution in [-0.2, 0) is 13.6 Å². The van der Waals surface area contributed by atoms with Crippen LogP contribution < -0.4 is 16.6 Å². The Hall–Kier alpha value is -5.68.